The Bertz CT molecular complexity index is 2990. The van der Waals surface area contributed by atoms with Gasteiger partial charge in [-0.15, -0.1) is 0 Å². The predicted octanol–water partition coefficient (Wildman–Crippen LogP) is 17.5. The zero-order valence-corrected chi connectivity index (χ0v) is 39.9. The predicted molar refractivity (Wildman–Crippen MR) is 270 cm³/mol. The highest BCUT2D eigenvalue weighted by molar-refractivity contribution is 6.23. The summed E-state index contributed by atoms with van der Waals surface area (Å²) in [6.07, 6.45) is 0. The van der Waals surface area contributed by atoms with Crippen LogP contribution in [-0.2, 0) is 0 Å². The van der Waals surface area contributed by atoms with Gasteiger partial charge in [-0.2, -0.15) is 0 Å². The van der Waals surface area contributed by atoms with Gasteiger partial charge in [0.25, 0.3) is 0 Å². The van der Waals surface area contributed by atoms with E-state index in [4.69, 9.17) is 0 Å². The first-order valence-corrected chi connectivity index (χ1v) is 22.0. The maximum atomic E-state index is 2.32. The lowest BCUT2D eigenvalue weighted by Gasteiger charge is -2.22. The molecule has 0 nitrogen and oxygen atoms in total. The second-order valence-electron chi connectivity index (χ2n) is 18.4. The van der Waals surface area contributed by atoms with Crippen molar-refractivity contribution >= 4 is 64.6 Å². The molecule has 9 aromatic rings. The Kier molecular flexibility index (Phi) is 11.3. The summed E-state index contributed by atoms with van der Waals surface area (Å²) in [5.41, 5.74) is 25.2. The maximum absolute atomic E-state index is 2.32. The largest absolute Gasteiger partial charge is 0.0584 e. The summed E-state index contributed by atoms with van der Waals surface area (Å²) in [6.45, 7) is 40.4. The molecule has 0 fully saturated rings. The Morgan fingerprint density at radius 3 is 0.567 bits per heavy atom. The van der Waals surface area contributed by atoms with Crippen molar-refractivity contribution in [2.24, 2.45) is 0 Å². The second kappa shape index (κ2) is 15.9. The third kappa shape index (κ3) is 6.68. The van der Waals surface area contributed by atoms with E-state index in [0.29, 0.717) is 0 Å². The van der Waals surface area contributed by atoms with Crippen LogP contribution in [0.2, 0.25) is 0 Å². The normalized spacial score (nSPS) is 11.5. The van der Waals surface area contributed by atoms with Crippen LogP contribution in [0.4, 0.5) is 0 Å². The molecule has 0 amide bonds. The van der Waals surface area contributed by atoms with E-state index in [-0.39, 0.29) is 0 Å². The molecule has 9 aromatic carbocycles. The number of rotatable bonds is 0. The van der Waals surface area contributed by atoms with Gasteiger partial charge >= 0.3 is 0 Å². The van der Waals surface area contributed by atoms with Crippen LogP contribution in [0.25, 0.3) is 64.6 Å². The minimum atomic E-state index is 1.38. The molecule has 306 valence electrons. The summed E-state index contributed by atoms with van der Waals surface area (Å²) < 4.78 is 0. The summed E-state index contributed by atoms with van der Waals surface area (Å²) in [7, 11) is 0. The molecule has 0 heterocycles. The molecule has 0 unspecified atom stereocenters. The van der Waals surface area contributed by atoms with Crippen LogP contribution in [0.1, 0.15) is 100 Å². The molecule has 0 atom stereocenters. The highest BCUT2D eigenvalue weighted by Crippen LogP contribution is 2.44. The van der Waals surface area contributed by atoms with Crippen molar-refractivity contribution in [1.82, 2.24) is 0 Å². The van der Waals surface area contributed by atoms with Crippen molar-refractivity contribution in [3.63, 3.8) is 0 Å². The van der Waals surface area contributed by atoms with E-state index in [1.807, 2.05) is 0 Å². The molecule has 0 saturated carbocycles. The molecule has 0 saturated heterocycles. The lowest BCUT2D eigenvalue weighted by Crippen LogP contribution is -1.99. The van der Waals surface area contributed by atoms with E-state index in [1.165, 1.54) is 165 Å². The summed E-state index contributed by atoms with van der Waals surface area (Å²) in [5.74, 6) is 0. The van der Waals surface area contributed by atoms with Gasteiger partial charge in [0.15, 0.2) is 0 Å². The topological polar surface area (TPSA) is 0 Å². The Hall–Kier alpha value is -5.46. The molecule has 60 heavy (non-hydrogen) atoms. The smallest absolute Gasteiger partial charge is 0.00613 e. The van der Waals surface area contributed by atoms with E-state index < -0.39 is 0 Å². The van der Waals surface area contributed by atoms with Gasteiger partial charge in [-0.1, -0.05) is 72.8 Å². The number of benzene rings is 9. The average molecular weight is 787 g/mol. The van der Waals surface area contributed by atoms with Gasteiger partial charge in [0, 0.05) is 0 Å². The van der Waals surface area contributed by atoms with Crippen LogP contribution in [0.3, 0.4) is 0 Å². The molecule has 0 radical (unpaired) electrons. The third-order valence-electron chi connectivity index (χ3n) is 15.0. The van der Waals surface area contributed by atoms with Crippen molar-refractivity contribution in [2.45, 2.75) is 125 Å². The van der Waals surface area contributed by atoms with Gasteiger partial charge in [-0.05, 0) is 289 Å². The van der Waals surface area contributed by atoms with Crippen molar-refractivity contribution < 1.29 is 0 Å². The van der Waals surface area contributed by atoms with Crippen molar-refractivity contribution in [3.8, 4) is 0 Å². The number of fused-ring (bicyclic) bond motifs is 9. The molecule has 0 aliphatic heterocycles. The monoisotopic (exact) mass is 787 g/mol. The molecule has 9 rings (SSSR count). The van der Waals surface area contributed by atoms with Gasteiger partial charge in [0.1, 0.15) is 0 Å². The Labute approximate surface area is 360 Å². The fourth-order valence-electron chi connectivity index (χ4n) is 10.2. The van der Waals surface area contributed by atoms with Gasteiger partial charge in [-0.25, -0.2) is 0 Å². The van der Waals surface area contributed by atoms with Crippen LogP contribution in [0, 0.1) is 125 Å². The van der Waals surface area contributed by atoms with Crippen molar-refractivity contribution in [1.29, 1.82) is 0 Å². The summed E-state index contributed by atoms with van der Waals surface area (Å²) in [5, 5.41) is 17.2. The summed E-state index contributed by atoms with van der Waals surface area (Å²) in [6, 6.07) is 27.1. The number of hydrogen-bond donors (Lipinski definition) is 0. The van der Waals surface area contributed by atoms with E-state index in [0.717, 1.165) is 0 Å². The molecular weight excluding hydrogens is 721 g/mol. The molecule has 0 aliphatic rings. The minimum absolute atomic E-state index is 1.38. The number of aryl methyl sites for hydroxylation is 18. The van der Waals surface area contributed by atoms with Crippen LogP contribution in [0.5, 0.6) is 0 Å². The fourth-order valence-corrected chi connectivity index (χ4v) is 10.2. The lowest BCUT2D eigenvalue weighted by atomic mass is 9.82. The molecule has 0 N–H and O–H groups in total. The Morgan fingerprint density at radius 1 is 0.150 bits per heavy atom. The number of hydrogen-bond acceptors (Lipinski definition) is 0. The molecule has 0 bridgehead atoms. The lowest BCUT2D eigenvalue weighted by molar-refractivity contribution is 1.34. The summed E-state index contributed by atoms with van der Waals surface area (Å²) in [4.78, 5) is 0. The average Bonchev–Trinajstić information content (AvgIpc) is 3.22. The first kappa shape index (κ1) is 42.7. The zero-order valence-electron chi connectivity index (χ0n) is 39.9. The van der Waals surface area contributed by atoms with E-state index in [1.54, 1.807) is 0 Å². The first-order valence-electron chi connectivity index (χ1n) is 22.0. The Morgan fingerprint density at radius 2 is 0.333 bits per heavy atom. The third-order valence-corrected chi connectivity index (χ3v) is 15.0. The standard InChI is InChI=1S/C26H28.C20H22.C14H16/c1-13-9-11-21-17(5)20(8)26-24-16(4)14(2)10-12-22(24)18(6)19(7)25(26)23(21)15(13)3;1-11-7-9-17-15(5)16(6)18-10-8-12(2)14(4)20(18)19(17)13(11)3;1-9-5-6-11(3)14-12(4)8-7-10(2)13(9)14/h9-12H,1-8H3;7-10H,1-6H3;5-8H,1-4H3. The van der Waals surface area contributed by atoms with E-state index >= 15 is 0 Å². The molecule has 0 heteroatoms. The quantitative estimate of drug-likeness (QED) is 0.134. The second-order valence-corrected chi connectivity index (χ2v) is 18.4. The SMILES string of the molecule is Cc1ccc(C)c2c(C)ccc(C)c12.Cc1ccc2c(C)c(C)c3c4c(C)c(C)ccc4c(C)c(C)c3c2c1C.Cc1ccc2c(C)c(C)c3ccc(C)c(C)c3c2c1C. The first-order chi connectivity index (χ1) is 28.3. The van der Waals surface area contributed by atoms with Gasteiger partial charge < -0.3 is 0 Å². The van der Waals surface area contributed by atoms with E-state index in [2.05, 4.69) is 197 Å². The van der Waals surface area contributed by atoms with Gasteiger partial charge in [0.2, 0.25) is 0 Å². The van der Waals surface area contributed by atoms with Gasteiger partial charge in [-0.3, -0.25) is 0 Å². The van der Waals surface area contributed by atoms with Crippen LogP contribution >= 0.6 is 0 Å². The van der Waals surface area contributed by atoms with E-state index in [9.17, 15) is 0 Å². The van der Waals surface area contributed by atoms with Gasteiger partial charge in [0.05, 0.1) is 0 Å². The van der Waals surface area contributed by atoms with Crippen LogP contribution in [0.15, 0.2) is 72.8 Å². The summed E-state index contributed by atoms with van der Waals surface area (Å²) >= 11 is 0. The van der Waals surface area contributed by atoms with Crippen LogP contribution in [-0.4, -0.2) is 0 Å². The molecule has 0 aromatic heterocycles. The zero-order chi connectivity index (χ0) is 43.8. The maximum Gasteiger partial charge on any atom is -0.00613 e. The van der Waals surface area contributed by atoms with Crippen molar-refractivity contribution in [3.05, 3.63) is 173 Å². The molecule has 0 spiro atoms. The van der Waals surface area contributed by atoms with Crippen LogP contribution < -0.4 is 0 Å². The fraction of sp³-hybridized carbons (Fsp3) is 0.300. The minimum Gasteiger partial charge on any atom is -0.0584 e. The van der Waals surface area contributed by atoms with Crippen molar-refractivity contribution in [2.75, 3.05) is 0 Å². The highest BCUT2D eigenvalue weighted by atomic mass is 14.2. The Balaban J connectivity index is 0.000000143. The molecule has 0 aliphatic carbocycles. The highest BCUT2D eigenvalue weighted by Gasteiger charge is 2.20. The molecular formula is C60H66.